The van der Waals surface area contributed by atoms with E-state index in [1.54, 1.807) is 6.07 Å². The molecule has 1 aliphatic heterocycles. The smallest absolute Gasteiger partial charge is 0.192 e. The minimum Gasteiger partial charge on any atom is -0.363 e. The van der Waals surface area contributed by atoms with Crippen LogP contribution >= 0.6 is 22.9 Å². The van der Waals surface area contributed by atoms with Crippen molar-refractivity contribution in [1.82, 2.24) is 0 Å². The molecule has 1 atom stereocenters. The van der Waals surface area contributed by atoms with Crippen LogP contribution in [0.15, 0.2) is 36.4 Å². The van der Waals surface area contributed by atoms with Gasteiger partial charge in [0.25, 0.3) is 0 Å². The molecular formula is C16H16ClNOS. The van der Waals surface area contributed by atoms with Crippen molar-refractivity contribution in [3.8, 4) is 0 Å². The van der Waals surface area contributed by atoms with Crippen LogP contribution in [0.25, 0.3) is 0 Å². The van der Waals surface area contributed by atoms with E-state index in [0.717, 1.165) is 17.8 Å². The van der Waals surface area contributed by atoms with Gasteiger partial charge in [0.05, 0.1) is 15.8 Å². The number of fused-ring (bicyclic) bond motifs is 1. The molecule has 0 bridgehead atoms. The first kappa shape index (κ1) is 13.7. The van der Waals surface area contributed by atoms with Crippen LogP contribution in [0.5, 0.6) is 0 Å². The molecular weight excluding hydrogens is 290 g/mol. The molecule has 2 nitrogen and oxygen atoms in total. The van der Waals surface area contributed by atoms with Gasteiger partial charge in [-0.2, -0.15) is 0 Å². The highest BCUT2D eigenvalue weighted by molar-refractivity contribution is 7.18. The summed E-state index contributed by atoms with van der Waals surface area (Å²) in [5, 5.41) is 0. The number of Topliss-reactive ketones (excluding diaryl/α,β-unsaturated/α-hetero) is 1. The van der Waals surface area contributed by atoms with Crippen LogP contribution in [-0.4, -0.2) is 18.9 Å². The van der Waals surface area contributed by atoms with Gasteiger partial charge in [-0.25, -0.2) is 0 Å². The van der Waals surface area contributed by atoms with Gasteiger partial charge in [0.1, 0.15) is 0 Å². The molecule has 0 amide bonds. The second kappa shape index (κ2) is 5.58. The first-order valence-corrected chi connectivity index (χ1v) is 7.94. The van der Waals surface area contributed by atoms with E-state index >= 15 is 0 Å². The first-order valence-electron chi connectivity index (χ1n) is 6.75. The monoisotopic (exact) mass is 305 g/mol. The number of nitrogens with zero attached hydrogens (tertiary/aromatic N) is 1. The Morgan fingerprint density at radius 1 is 1.35 bits per heavy atom. The minimum atomic E-state index is 0.144. The molecule has 0 radical (unpaired) electrons. The summed E-state index contributed by atoms with van der Waals surface area (Å²) in [7, 11) is 0. The Labute approximate surface area is 128 Å². The van der Waals surface area contributed by atoms with E-state index in [4.69, 9.17) is 11.6 Å². The van der Waals surface area contributed by atoms with Gasteiger partial charge in [-0.15, -0.1) is 11.3 Å². The van der Waals surface area contributed by atoms with E-state index in [1.165, 1.54) is 22.6 Å². The number of rotatable bonds is 3. The lowest BCUT2D eigenvalue weighted by molar-refractivity contribution is 0.100. The number of para-hydroxylation sites is 1. The van der Waals surface area contributed by atoms with Gasteiger partial charge in [0.2, 0.25) is 0 Å². The fourth-order valence-corrected chi connectivity index (χ4v) is 3.74. The highest BCUT2D eigenvalue weighted by atomic mass is 35.5. The standard InChI is InChI=1S/C16H16ClNOS/c1-11-8-12-4-2-3-5-13(12)18(9-11)10-14(19)15-6-7-16(17)20-15/h2-7,11H,8-10H2,1H3. The Balaban J connectivity index is 1.82. The predicted molar refractivity (Wildman–Crippen MR) is 85.2 cm³/mol. The average Bonchev–Trinajstić information content (AvgIpc) is 2.85. The topological polar surface area (TPSA) is 20.3 Å². The third kappa shape index (κ3) is 2.74. The Hall–Kier alpha value is -1.32. The maximum absolute atomic E-state index is 12.4. The maximum Gasteiger partial charge on any atom is 0.192 e. The Morgan fingerprint density at radius 3 is 2.90 bits per heavy atom. The highest BCUT2D eigenvalue weighted by Gasteiger charge is 2.23. The Morgan fingerprint density at radius 2 is 2.15 bits per heavy atom. The predicted octanol–water partition coefficient (Wildman–Crippen LogP) is 4.28. The molecule has 2 heterocycles. The molecule has 1 aromatic carbocycles. The van der Waals surface area contributed by atoms with Crippen molar-refractivity contribution in [1.29, 1.82) is 0 Å². The summed E-state index contributed by atoms with van der Waals surface area (Å²) in [5.74, 6) is 0.718. The van der Waals surface area contributed by atoms with E-state index in [9.17, 15) is 4.79 Å². The number of hydrogen-bond donors (Lipinski definition) is 0. The highest BCUT2D eigenvalue weighted by Crippen LogP contribution is 2.30. The molecule has 0 spiro atoms. The number of hydrogen-bond acceptors (Lipinski definition) is 3. The Kier molecular flexibility index (Phi) is 3.81. The molecule has 0 saturated carbocycles. The van der Waals surface area contributed by atoms with Crippen molar-refractivity contribution in [2.45, 2.75) is 13.3 Å². The van der Waals surface area contributed by atoms with Crippen molar-refractivity contribution in [2.24, 2.45) is 5.92 Å². The van der Waals surface area contributed by atoms with Gasteiger partial charge < -0.3 is 4.90 Å². The van der Waals surface area contributed by atoms with E-state index in [1.807, 2.05) is 12.1 Å². The lowest BCUT2D eigenvalue weighted by Crippen LogP contribution is -2.37. The summed E-state index contributed by atoms with van der Waals surface area (Å²) in [6, 6.07) is 12.0. The summed E-state index contributed by atoms with van der Waals surface area (Å²) in [5.41, 5.74) is 2.53. The maximum atomic E-state index is 12.4. The van der Waals surface area contributed by atoms with Gasteiger partial charge in [0, 0.05) is 12.2 Å². The third-order valence-electron chi connectivity index (χ3n) is 3.62. The number of ketones is 1. The molecule has 20 heavy (non-hydrogen) atoms. The van der Waals surface area contributed by atoms with Crippen LogP contribution in [0.3, 0.4) is 0 Å². The number of halogens is 1. The summed E-state index contributed by atoms with van der Waals surface area (Å²) >= 11 is 7.26. The number of carbonyl (C=O) groups is 1. The van der Waals surface area contributed by atoms with E-state index in [-0.39, 0.29) is 5.78 Å². The minimum absolute atomic E-state index is 0.144. The van der Waals surface area contributed by atoms with Crippen LogP contribution in [0, 0.1) is 5.92 Å². The van der Waals surface area contributed by atoms with Crippen LogP contribution < -0.4 is 4.90 Å². The summed E-state index contributed by atoms with van der Waals surface area (Å²) in [6.45, 7) is 3.59. The van der Waals surface area contributed by atoms with Gasteiger partial charge in [-0.3, -0.25) is 4.79 Å². The van der Waals surface area contributed by atoms with Crippen molar-refractivity contribution in [3.63, 3.8) is 0 Å². The molecule has 0 saturated heterocycles. The van der Waals surface area contributed by atoms with Gasteiger partial charge in [0.15, 0.2) is 5.78 Å². The first-order chi connectivity index (χ1) is 9.63. The number of anilines is 1. The SMILES string of the molecule is CC1Cc2ccccc2N(CC(=O)c2ccc(Cl)s2)C1. The molecule has 1 aliphatic rings. The molecule has 0 aliphatic carbocycles. The van der Waals surface area contributed by atoms with Crippen molar-refractivity contribution in [3.05, 3.63) is 51.2 Å². The average molecular weight is 306 g/mol. The van der Waals surface area contributed by atoms with Crippen LogP contribution in [0.4, 0.5) is 5.69 Å². The molecule has 4 heteroatoms. The molecule has 0 fully saturated rings. The molecule has 0 N–H and O–H groups in total. The number of thiophene rings is 1. The second-order valence-corrected chi connectivity index (χ2v) is 7.06. The zero-order valence-corrected chi connectivity index (χ0v) is 12.9. The molecule has 1 aromatic heterocycles. The van der Waals surface area contributed by atoms with Crippen LogP contribution in [0.1, 0.15) is 22.2 Å². The van der Waals surface area contributed by atoms with Crippen LogP contribution in [-0.2, 0) is 6.42 Å². The molecule has 104 valence electrons. The fourth-order valence-electron chi connectivity index (χ4n) is 2.77. The Bertz CT molecular complexity index is 637. The van der Waals surface area contributed by atoms with Gasteiger partial charge in [-0.05, 0) is 36.1 Å². The van der Waals surface area contributed by atoms with Gasteiger partial charge in [-0.1, -0.05) is 36.7 Å². The second-order valence-electron chi connectivity index (χ2n) is 5.35. The van der Waals surface area contributed by atoms with Crippen molar-refractivity contribution in [2.75, 3.05) is 18.0 Å². The van der Waals surface area contributed by atoms with Gasteiger partial charge >= 0.3 is 0 Å². The van der Waals surface area contributed by atoms with Crippen LogP contribution in [0.2, 0.25) is 4.34 Å². The molecule has 3 rings (SSSR count). The zero-order valence-electron chi connectivity index (χ0n) is 11.3. The summed E-state index contributed by atoms with van der Waals surface area (Å²) in [4.78, 5) is 15.3. The van der Waals surface area contributed by atoms with E-state index in [2.05, 4.69) is 30.0 Å². The zero-order chi connectivity index (χ0) is 14.1. The summed E-state index contributed by atoms with van der Waals surface area (Å²) in [6.07, 6.45) is 1.09. The third-order valence-corrected chi connectivity index (χ3v) is 4.89. The van der Waals surface area contributed by atoms with E-state index in [0.29, 0.717) is 16.8 Å². The van der Waals surface area contributed by atoms with Crippen molar-refractivity contribution < 1.29 is 4.79 Å². The molecule has 2 aromatic rings. The number of benzene rings is 1. The van der Waals surface area contributed by atoms with E-state index < -0.39 is 0 Å². The lowest BCUT2D eigenvalue weighted by atomic mass is 9.94. The normalized spacial score (nSPS) is 17.9. The lowest BCUT2D eigenvalue weighted by Gasteiger charge is -2.34. The number of carbonyl (C=O) groups excluding carboxylic acids is 1. The largest absolute Gasteiger partial charge is 0.363 e. The summed E-state index contributed by atoms with van der Waals surface area (Å²) < 4.78 is 0.667. The molecule has 1 unspecified atom stereocenters. The fraction of sp³-hybridized carbons (Fsp3) is 0.312. The quantitative estimate of drug-likeness (QED) is 0.789. The van der Waals surface area contributed by atoms with Crippen molar-refractivity contribution >= 4 is 34.4 Å².